The molecule has 1 aromatic rings. The number of carbonyl (C=O) groups is 1. The minimum Gasteiger partial charge on any atom is -0.468 e. The normalized spacial score (nSPS) is 21.0. The molecule has 0 aromatic heterocycles. The molecule has 1 atom stereocenters. The minimum atomic E-state index is -3.63. The zero-order valence-electron chi connectivity index (χ0n) is 10.8. The summed E-state index contributed by atoms with van der Waals surface area (Å²) in [5.74, 6) is -0.487. The summed E-state index contributed by atoms with van der Waals surface area (Å²) in [5.41, 5.74) is 0. The highest BCUT2D eigenvalue weighted by molar-refractivity contribution is 7.89. The maximum atomic E-state index is 12.5. The van der Waals surface area contributed by atoms with E-state index in [1.165, 1.54) is 23.5 Å². The third-order valence-corrected chi connectivity index (χ3v) is 5.20. The van der Waals surface area contributed by atoms with E-state index in [0.29, 0.717) is 13.0 Å². The van der Waals surface area contributed by atoms with Gasteiger partial charge in [0.1, 0.15) is 6.04 Å². The number of piperidine rings is 1. The molecule has 0 spiro atoms. The van der Waals surface area contributed by atoms with Crippen LogP contribution in [0.1, 0.15) is 19.3 Å². The minimum absolute atomic E-state index is 0.214. The van der Waals surface area contributed by atoms with Gasteiger partial charge in [-0.15, -0.1) is 0 Å². The number of sulfonamides is 1. The van der Waals surface area contributed by atoms with Gasteiger partial charge in [0.25, 0.3) is 0 Å². The van der Waals surface area contributed by atoms with Gasteiger partial charge in [0.05, 0.1) is 12.0 Å². The van der Waals surface area contributed by atoms with Crippen LogP contribution in [0.2, 0.25) is 0 Å². The molecule has 2 rings (SSSR count). The van der Waals surface area contributed by atoms with Crippen molar-refractivity contribution >= 4 is 16.0 Å². The Morgan fingerprint density at radius 3 is 2.58 bits per heavy atom. The van der Waals surface area contributed by atoms with Gasteiger partial charge in [-0.2, -0.15) is 4.31 Å². The lowest BCUT2D eigenvalue weighted by Gasteiger charge is -2.32. The third kappa shape index (κ3) is 2.79. The third-order valence-electron chi connectivity index (χ3n) is 3.28. The second-order valence-corrected chi connectivity index (χ2v) is 6.35. The maximum absolute atomic E-state index is 12.5. The highest BCUT2D eigenvalue weighted by Crippen LogP contribution is 2.25. The van der Waals surface area contributed by atoms with E-state index in [9.17, 15) is 13.2 Å². The van der Waals surface area contributed by atoms with Crippen LogP contribution in [0, 0.1) is 0 Å². The molecular weight excluding hydrogens is 266 g/mol. The number of ether oxygens (including phenoxy) is 1. The molecule has 19 heavy (non-hydrogen) atoms. The molecule has 1 saturated heterocycles. The standard InChI is InChI=1S/C13H17NO4S/c1-18-13(15)12-9-5-6-10-14(12)19(16,17)11-7-3-2-4-8-11/h2-4,7-8,12H,5-6,9-10H2,1H3/t12-/m0/s1. The first-order valence-electron chi connectivity index (χ1n) is 6.22. The molecule has 0 amide bonds. The van der Waals surface area contributed by atoms with Crippen molar-refractivity contribution in [3.8, 4) is 0 Å². The van der Waals surface area contributed by atoms with Crippen molar-refractivity contribution in [2.75, 3.05) is 13.7 Å². The van der Waals surface area contributed by atoms with Crippen molar-refractivity contribution < 1.29 is 17.9 Å². The average Bonchev–Trinajstić information content (AvgIpc) is 2.47. The number of nitrogens with zero attached hydrogens (tertiary/aromatic N) is 1. The molecule has 0 radical (unpaired) electrons. The summed E-state index contributed by atoms with van der Waals surface area (Å²) in [6, 6.07) is 7.47. The van der Waals surface area contributed by atoms with E-state index < -0.39 is 22.0 Å². The molecule has 5 nitrogen and oxygen atoms in total. The van der Waals surface area contributed by atoms with Gasteiger partial charge >= 0.3 is 5.97 Å². The van der Waals surface area contributed by atoms with Crippen LogP contribution in [-0.2, 0) is 19.6 Å². The van der Waals surface area contributed by atoms with Crippen LogP contribution in [0.3, 0.4) is 0 Å². The fourth-order valence-electron chi connectivity index (χ4n) is 2.29. The van der Waals surface area contributed by atoms with Crippen LogP contribution in [0.4, 0.5) is 0 Å². The molecule has 0 saturated carbocycles. The van der Waals surface area contributed by atoms with Crippen LogP contribution in [0.25, 0.3) is 0 Å². The smallest absolute Gasteiger partial charge is 0.324 e. The Hall–Kier alpha value is -1.40. The molecule has 1 aromatic carbocycles. The van der Waals surface area contributed by atoms with E-state index in [-0.39, 0.29) is 4.90 Å². The summed E-state index contributed by atoms with van der Waals surface area (Å²) < 4.78 is 31.0. The second kappa shape index (κ2) is 5.71. The number of carbonyl (C=O) groups excluding carboxylic acids is 1. The van der Waals surface area contributed by atoms with E-state index in [2.05, 4.69) is 0 Å². The van der Waals surface area contributed by atoms with Crippen molar-refractivity contribution in [2.24, 2.45) is 0 Å². The largest absolute Gasteiger partial charge is 0.468 e. The summed E-state index contributed by atoms with van der Waals surface area (Å²) in [6.45, 7) is 0.358. The lowest BCUT2D eigenvalue weighted by atomic mass is 10.1. The monoisotopic (exact) mass is 283 g/mol. The number of methoxy groups -OCH3 is 1. The lowest BCUT2D eigenvalue weighted by molar-refractivity contribution is -0.146. The first-order chi connectivity index (χ1) is 9.07. The average molecular weight is 283 g/mol. The van der Waals surface area contributed by atoms with Crippen molar-refractivity contribution in [3.05, 3.63) is 30.3 Å². The molecule has 6 heteroatoms. The predicted molar refractivity (Wildman–Crippen MR) is 70.0 cm³/mol. The highest BCUT2D eigenvalue weighted by atomic mass is 32.2. The Morgan fingerprint density at radius 1 is 1.26 bits per heavy atom. The van der Waals surface area contributed by atoms with E-state index in [0.717, 1.165) is 12.8 Å². The van der Waals surface area contributed by atoms with Crippen molar-refractivity contribution in [1.82, 2.24) is 4.31 Å². The van der Waals surface area contributed by atoms with E-state index in [1.54, 1.807) is 18.2 Å². The highest BCUT2D eigenvalue weighted by Gasteiger charge is 2.38. The fourth-order valence-corrected chi connectivity index (χ4v) is 3.96. The van der Waals surface area contributed by atoms with Crippen molar-refractivity contribution in [2.45, 2.75) is 30.2 Å². The van der Waals surface area contributed by atoms with Gasteiger partial charge in [-0.3, -0.25) is 4.79 Å². The fraction of sp³-hybridized carbons (Fsp3) is 0.462. The molecule has 0 aliphatic carbocycles. The molecule has 1 heterocycles. The molecule has 1 fully saturated rings. The van der Waals surface area contributed by atoms with Crippen molar-refractivity contribution in [3.63, 3.8) is 0 Å². The summed E-state index contributed by atoms with van der Waals surface area (Å²) >= 11 is 0. The summed E-state index contributed by atoms with van der Waals surface area (Å²) in [6.07, 6.45) is 2.11. The molecular formula is C13H17NO4S. The second-order valence-electron chi connectivity index (χ2n) is 4.46. The molecule has 104 valence electrons. The van der Waals surface area contributed by atoms with Crippen LogP contribution >= 0.6 is 0 Å². The zero-order valence-corrected chi connectivity index (χ0v) is 11.6. The zero-order chi connectivity index (χ0) is 13.9. The molecule has 1 aliphatic heterocycles. The maximum Gasteiger partial charge on any atom is 0.324 e. The summed E-state index contributed by atoms with van der Waals surface area (Å²) in [4.78, 5) is 11.9. The topological polar surface area (TPSA) is 63.7 Å². The Kier molecular flexibility index (Phi) is 4.21. The van der Waals surface area contributed by atoms with E-state index >= 15 is 0 Å². The molecule has 0 bridgehead atoms. The Morgan fingerprint density at radius 2 is 1.95 bits per heavy atom. The van der Waals surface area contributed by atoms with Gasteiger partial charge in [0, 0.05) is 6.54 Å². The molecule has 0 unspecified atom stereocenters. The van der Waals surface area contributed by atoms with Gasteiger partial charge in [0.15, 0.2) is 0 Å². The Bertz CT molecular complexity index is 541. The summed E-state index contributed by atoms with van der Waals surface area (Å²) in [7, 11) is -2.35. The first-order valence-corrected chi connectivity index (χ1v) is 7.66. The molecule has 1 aliphatic rings. The van der Waals surface area contributed by atoms with Crippen LogP contribution < -0.4 is 0 Å². The predicted octanol–water partition coefficient (Wildman–Crippen LogP) is 1.40. The number of hydrogen-bond donors (Lipinski definition) is 0. The van der Waals surface area contributed by atoms with Gasteiger partial charge in [0.2, 0.25) is 10.0 Å². The summed E-state index contributed by atoms with van der Waals surface area (Å²) in [5, 5.41) is 0. The Labute approximate surface area is 113 Å². The van der Waals surface area contributed by atoms with Gasteiger partial charge < -0.3 is 4.74 Å². The lowest BCUT2D eigenvalue weighted by Crippen LogP contribution is -2.48. The SMILES string of the molecule is COC(=O)[C@@H]1CCCCN1S(=O)(=O)c1ccccc1. The number of rotatable bonds is 3. The van der Waals surface area contributed by atoms with Crippen LogP contribution in [-0.4, -0.2) is 38.4 Å². The van der Waals surface area contributed by atoms with Gasteiger partial charge in [-0.25, -0.2) is 8.42 Å². The number of benzene rings is 1. The van der Waals surface area contributed by atoms with Gasteiger partial charge in [-0.05, 0) is 31.4 Å². The van der Waals surface area contributed by atoms with Crippen LogP contribution in [0.5, 0.6) is 0 Å². The molecule has 0 N–H and O–H groups in total. The number of esters is 1. The Balaban J connectivity index is 2.35. The van der Waals surface area contributed by atoms with E-state index in [4.69, 9.17) is 4.74 Å². The van der Waals surface area contributed by atoms with Gasteiger partial charge in [-0.1, -0.05) is 18.2 Å². The van der Waals surface area contributed by atoms with Crippen molar-refractivity contribution in [1.29, 1.82) is 0 Å². The van der Waals surface area contributed by atoms with E-state index in [1.807, 2.05) is 0 Å². The number of hydrogen-bond acceptors (Lipinski definition) is 4. The quantitative estimate of drug-likeness (QED) is 0.787. The first kappa shape index (κ1) is 14.0. The van der Waals surface area contributed by atoms with Crippen LogP contribution in [0.15, 0.2) is 35.2 Å².